The van der Waals surface area contributed by atoms with Crippen molar-refractivity contribution in [3.05, 3.63) is 29.8 Å². The molecule has 102 valence electrons. The van der Waals surface area contributed by atoms with E-state index in [4.69, 9.17) is 0 Å². The number of thioether (sulfide) groups is 1. The van der Waals surface area contributed by atoms with Crippen LogP contribution in [0.3, 0.4) is 0 Å². The van der Waals surface area contributed by atoms with Crippen molar-refractivity contribution in [3.63, 3.8) is 0 Å². The lowest BCUT2D eigenvalue weighted by atomic mass is 10.0. The highest BCUT2D eigenvalue weighted by Crippen LogP contribution is 2.27. The number of aliphatic hydroxyl groups is 1. The van der Waals surface area contributed by atoms with Crippen LogP contribution in [0.15, 0.2) is 29.2 Å². The number of benzene rings is 1. The molecule has 0 fully saturated rings. The van der Waals surface area contributed by atoms with E-state index in [-0.39, 0.29) is 0 Å². The second-order valence-electron chi connectivity index (χ2n) is 4.80. The second kappa shape index (κ2) is 7.17. The molecule has 0 amide bonds. The fourth-order valence-corrected chi connectivity index (χ4v) is 2.86. The Bertz CT molecular complexity index is 346. The Labute approximate surface area is 115 Å². The summed E-state index contributed by atoms with van der Waals surface area (Å²) in [5.74, 6) is 0.765. The molecule has 0 aromatic heterocycles. The molecule has 1 atom stereocenters. The van der Waals surface area contributed by atoms with Crippen LogP contribution in [-0.4, -0.2) is 23.5 Å². The van der Waals surface area contributed by atoms with E-state index in [1.165, 1.54) is 10.5 Å². The minimum atomic E-state index is -0.526. The average Bonchev–Trinajstić information content (AvgIpc) is 2.44. The van der Waals surface area contributed by atoms with Gasteiger partial charge in [-0.15, -0.1) is 11.8 Å². The van der Waals surface area contributed by atoms with Gasteiger partial charge in [0.1, 0.15) is 0 Å². The van der Waals surface area contributed by atoms with Gasteiger partial charge in [0.2, 0.25) is 0 Å². The van der Waals surface area contributed by atoms with Crippen molar-refractivity contribution in [2.75, 3.05) is 12.8 Å². The minimum absolute atomic E-state index is 0.382. The normalized spacial score (nSPS) is 13.6. The van der Waals surface area contributed by atoms with Crippen molar-refractivity contribution < 1.29 is 5.11 Å². The van der Waals surface area contributed by atoms with Crippen LogP contribution in [0.5, 0.6) is 0 Å². The average molecular weight is 267 g/mol. The van der Waals surface area contributed by atoms with E-state index < -0.39 is 5.60 Å². The van der Waals surface area contributed by atoms with Crippen LogP contribution in [0.25, 0.3) is 0 Å². The Balaban J connectivity index is 2.59. The Kier molecular flexibility index (Phi) is 6.19. The molecule has 0 saturated heterocycles. The van der Waals surface area contributed by atoms with E-state index in [1.807, 2.05) is 20.9 Å². The molecule has 1 unspecified atom stereocenters. The summed E-state index contributed by atoms with van der Waals surface area (Å²) in [4.78, 5) is 1.22. The Morgan fingerprint density at radius 3 is 2.22 bits per heavy atom. The van der Waals surface area contributed by atoms with Crippen molar-refractivity contribution in [2.45, 2.75) is 50.2 Å². The number of nitrogens with one attached hydrogen (secondary N) is 1. The van der Waals surface area contributed by atoms with Gasteiger partial charge in [0.05, 0.1) is 5.60 Å². The van der Waals surface area contributed by atoms with Gasteiger partial charge in [-0.25, -0.2) is 0 Å². The maximum absolute atomic E-state index is 10.2. The van der Waals surface area contributed by atoms with Crippen LogP contribution >= 0.6 is 11.8 Å². The molecular weight excluding hydrogens is 242 g/mol. The molecular formula is C15H25NOS. The molecule has 0 spiro atoms. The molecule has 0 saturated carbocycles. The van der Waals surface area contributed by atoms with Crippen LogP contribution < -0.4 is 5.32 Å². The third-order valence-corrected chi connectivity index (χ3v) is 4.92. The SMILES string of the molecule is CCC(O)(CC)CSc1ccc(C(C)NC)cc1. The summed E-state index contributed by atoms with van der Waals surface area (Å²) in [6, 6.07) is 8.97. The van der Waals surface area contributed by atoms with E-state index in [0.29, 0.717) is 6.04 Å². The van der Waals surface area contributed by atoms with Gasteiger partial charge in [-0.05, 0) is 44.5 Å². The first-order chi connectivity index (χ1) is 8.54. The molecule has 0 aliphatic carbocycles. The van der Waals surface area contributed by atoms with E-state index in [9.17, 15) is 5.11 Å². The van der Waals surface area contributed by atoms with Crippen molar-refractivity contribution >= 4 is 11.8 Å². The molecule has 2 N–H and O–H groups in total. The molecule has 0 bridgehead atoms. The number of hydrogen-bond acceptors (Lipinski definition) is 3. The summed E-state index contributed by atoms with van der Waals surface area (Å²) in [5.41, 5.74) is 0.768. The first kappa shape index (κ1) is 15.5. The summed E-state index contributed by atoms with van der Waals surface area (Å²) >= 11 is 1.73. The molecule has 0 aliphatic rings. The summed E-state index contributed by atoms with van der Waals surface area (Å²) in [6.07, 6.45) is 1.62. The first-order valence-corrected chi connectivity index (χ1v) is 7.65. The third kappa shape index (κ3) is 4.30. The fourth-order valence-electron chi connectivity index (χ4n) is 1.69. The van der Waals surface area contributed by atoms with Gasteiger partial charge < -0.3 is 10.4 Å². The van der Waals surface area contributed by atoms with Gasteiger partial charge in [-0.2, -0.15) is 0 Å². The lowest BCUT2D eigenvalue weighted by molar-refractivity contribution is 0.0572. The predicted molar refractivity (Wildman–Crippen MR) is 80.2 cm³/mol. The van der Waals surface area contributed by atoms with E-state index >= 15 is 0 Å². The zero-order valence-corrected chi connectivity index (χ0v) is 12.7. The van der Waals surface area contributed by atoms with Gasteiger partial charge in [-0.3, -0.25) is 0 Å². The summed E-state index contributed by atoms with van der Waals surface area (Å²) in [5, 5.41) is 13.5. The zero-order valence-electron chi connectivity index (χ0n) is 11.9. The van der Waals surface area contributed by atoms with Crippen molar-refractivity contribution in [3.8, 4) is 0 Å². The molecule has 0 heterocycles. The lowest BCUT2D eigenvalue weighted by Gasteiger charge is -2.24. The molecule has 2 nitrogen and oxygen atoms in total. The van der Waals surface area contributed by atoms with Crippen molar-refractivity contribution in [1.29, 1.82) is 0 Å². The highest BCUT2D eigenvalue weighted by Gasteiger charge is 2.22. The standard InChI is InChI=1S/C15H25NOS/c1-5-15(17,6-2)11-18-14-9-7-13(8-10-14)12(3)16-4/h7-10,12,16-17H,5-6,11H2,1-4H3. The molecule has 0 aliphatic heterocycles. The monoisotopic (exact) mass is 267 g/mol. The highest BCUT2D eigenvalue weighted by atomic mass is 32.2. The quantitative estimate of drug-likeness (QED) is 0.740. The predicted octanol–water partition coefficient (Wildman–Crippen LogP) is 3.61. The van der Waals surface area contributed by atoms with E-state index in [2.05, 4.69) is 36.5 Å². The number of rotatable bonds is 7. The van der Waals surface area contributed by atoms with Crippen LogP contribution in [0.1, 0.15) is 45.2 Å². The molecule has 18 heavy (non-hydrogen) atoms. The lowest BCUT2D eigenvalue weighted by Crippen LogP contribution is -2.29. The first-order valence-electron chi connectivity index (χ1n) is 6.67. The molecule has 0 radical (unpaired) electrons. The summed E-state index contributed by atoms with van der Waals surface area (Å²) in [6.45, 7) is 6.23. The van der Waals surface area contributed by atoms with Crippen molar-refractivity contribution in [1.82, 2.24) is 5.32 Å². The van der Waals surface area contributed by atoms with E-state index in [1.54, 1.807) is 11.8 Å². The summed E-state index contributed by atoms with van der Waals surface area (Å²) in [7, 11) is 1.97. The molecule has 1 rings (SSSR count). The zero-order chi connectivity index (χ0) is 13.6. The smallest absolute Gasteiger partial charge is 0.0736 e. The van der Waals surface area contributed by atoms with Crippen LogP contribution in [-0.2, 0) is 0 Å². The van der Waals surface area contributed by atoms with Gasteiger partial charge in [-0.1, -0.05) is 26.0 Å². The Morgan fingerprint density at radius 1 is 1.22 bits per heavy atom. The van der Waals surface area contributed by atoms with Gasteiger partial charge in [0, 0.05) is 16.7 Å². The molecule has 1 aromatic carbocycles. The molecule has 3 heteroatoms. The van der Waals surface area contributed by atoms with Gasteiger partial charge in [0.15, 0.2) is 0 Å². The topological polar surface area (TPSA) is 32.3 Å². The Hall–Kier alpha value is -0.510. The fraction of sp³-hybridized carbons (Fsp3) is 0.600. The minimum Gasteiger partial charge on any atom is -0.389 e. The van der Waals surface area contributed by atoms with Gasteiger partial charge in [0.25, 0.3) is 0 Å². The van der Waals surface area contributed by atoms with E-state index in [0.717, 1.165) is 18.6 Å². The third-order valence-electron chi connectivity index (χ3n) is 3.64. The van der Waals surface area contributed by atoms with Crippen LogP contribution in [0.2, 0.25) is 0 Å². The largest absolute Gasteiger partial charge is 0.389 e. The maximum atomic E-state index is 10.2. The van der Waals surface area contributed by atoms with Gasteiger partial charge >= 0.3 is 0 Å². The maximum Gasteiger partial charge on any atom is 0.0736 e. The second-order valence-corrected chi connectivity index (χ2v) is 5.85. The summed E-state index contributed by atoms with van der Waals surface area (Å²) < 4.78 is 0. The molecule has 1 aromatic rings. The Morgan fingerprint density at radius 2 is 1.78 bits per heavy atom. The number of hydrogen-bond donors (Lipinski definition) is 2. The van der Waals surface area contributed by atoms with Crippen LogP contribution in [0, 0.1) is 0 Å². The van der Waals surface area contributed by atoms with Crippen molar-refractivity contribution in [2.24, 2.45) is 0 Å². The van der Waals surface area contributed by atoms with Crippen LogP contribution in [0.4, 0.5) is 0 Å². The highest BCUT2D eigenvalue weighted by molar-refractivity contribution is 7.99.